The Hall–Kier alpha value is -3.44. The molecule has 0 spiro atoms. The molecule has 0 bridgehead atoms. The smallest absolute Gasteiger partial charge is 0.283 e. The zero-order valence-corrected chi connectivity index (χ0v) is 16.9. The molecule has 29 heavy (non-hydrogen) atoms. The van der Waals surface area contributed by atoms with Gasteiger partial charge in [0.05, 0.1) is 15.8 Å². The number of aryl methyl sites for hydroxylation is 1. The Balaban J connectivity index is 1.77. The van der Waals surface area contributed by atoms with Crippen LogP contribution in [0, 0.1) is 6.92 Å². The molecule has 0 aliphatic rings. The van der Waals surface area contributed by atoms with Gasteiger partial charge in [0.1, 0.15) is 11.5 Å². The van der Waals surface area contributed by atoms with Gasteiger partial charge in [-0.05, 0) is 48.9 Å². The number of nitrogens with zero attached hydrogens (tertiary/aromatic N) is 2. The molecular weight excluding hydrogens is 380 g/mol. The van der Waals surface area contributed by atoms with Crippen LogP contribution in [0.25, 0.3) is 10.2 Å². The number of carbonyl (C=O) groups is 1. The third-order valence-electron chi connectivity index (χ3n) is 4.44. The van der Waals surface area contributed by atoms with Gasteiger partial charge >= 0.3 is 0 Å². The van der Waals surface area contributed by atoms with Crippen LogP contribution in [0.2, 0.25) is 0 Å². The number of benzene rings is 3. The molecule has 1 aromatic heterocycles. The van der Waals surface area contributed by atoms with E-state index < -0.39 is 0 Å². The molecule has 1 amide bonds. The zero-order chi connectivity index (χ0) is 20.2. The van der Waals surface area contributed by atoms with Crippen LogP contribution in [-0.2, 0) is 6.54 Å². The third kappa shape index (κ3) is 4.05. The lowest BCUT2D eigenvalue weighted by molar-refractivity contribution is 0.0995. The first-order chi connectivity index (χ1) is 14.2. The Kier molecular flexibility index (Phi) is 5.40. The van der Waals surface area contributed by atoms with E-state index in [9.17, 15) is 4.79 Å². The molecule has 4 aromatic rings. The number of hydrogen-bond acceptors (Lipinski definition) is 3. The molecule has 5 heteroatoms. The number of aromatic nitrogens is 1. The fraction of sp³-hybridized carbons (Fsp3) is 0.0833. The van der Waals surface area contributed by atoms with Gasteiger partial charge in [-0.25, -0.2) is 0 Å². The van der Waals surface area contributed by atoms with Crippen molar-refractivity contribution in [3.63, 3.8) is 0 Å². The summed E-state index contributed by atoms with van der Waals surface area (Å²) in [6.07, 6.45) is 1.81. The summed E-state index contributed by atoms with van der Waals surface area (Å²) in [5, 5.41) is 0. The Morgan fingerprint density at radius 1 is 1.10 bits per heavy atom. The standard InChI is InChI=1S/C24H20N2O2S/c1-3-15-26-20-14-13-17(2)16-22(20)29-24(26)25-23(27)19-11-7-8-12-21(19)28-18-9-5-4-6-10-18/h3-14,16H,1,15H2,2H3. The summed E-state index contributed by atoms with van der Waals surface area (Å²) in [5.74, 6) is 0.823. The molecule has 0 atom stereocenters. The van der Waals surface area contributed by atoms with Crippen molar-refractivity contribution in [1.29, 1.82) is 0 Å². The number of hydrogen-bond donors (Lipinski definition) is 0. The van der Waals surface area contributed by atoms with Gasteiger partial charge in [-0.15, -0.1) is 6.58 Å². The number of ether oxygens (including phenoxy) is 1. The van der Waals surface area contributed by atoms with Crippen molar-refractivity contribution >= 4 is 27.5 Å². The van der Waals surface area contributed by atoms with Crippen molar-refractivity contribution in [3.8, 4) is 11.5 Å². The number of carbonyl (C=O) groups excluding carboxylic acids is 1. The van der Waals surface area contributed by atoms with Crippen LogP contribution in [0.15, 0.2) is 90.4 Å². The highest BCUT2D eigenvalue weighted by molar-refractivity contribution is 7.16. The summed E-state index contributed by atoms with van der Waals surface area (Å²) in [6, 6.07) is 22.8. The molecule has 144 valence electrons. The maximum Gasteiger partial charge on any atom is 0.283 e. The molecule has 0 fully saturated rings. The lowest BCUT2D eigenvalue weighted by Crippen LogP contribution is -2.16. The molecule has 0 aliphatic heterocycles. The summed E-state index contributed by atoms with van der Waals surface area (Å²) in [5.41, 5.74) is 2.64. The minimum absolute atomic E-state index is 0.336. The minimum Gasteiger partial charge on any atom is -0.457 e. The van der Waals surface area contributed by atoms with Gasteiger partial charge in [0.15, 0.2) is 4.80 Å². The van der Waals surface area contributed by atoms with Gasteiger partial charge in [0.2, 0.25) is 0 Å². The van der Waals surface area contributed by atoms with E-state index in [0.29, 0.717) is 28.4 Å². The average Bonchev–Trinajstić information content (AvgIpc) is 3.05. The van der Waals surface area contributed by atoms with Crippen molar-refractivity contribution in [2.75, 3.05) is 0 Å². The summed E-state index contributed by atoms with van der Waals surface area (Å²) in [6.45, 7) is 6.47. The number of rotatable bonds is 5. The second kappa shape index (κ2) is 8.29. The van der Waals surface area contributed by atoms with Crippen molar-refractivity contribution in [2.24, 2.45) is 4.99 Å². The number of thiazole rings is 1. The fourth-order valence-corrected chi connectivity index (χ4v) is 4.20. The van der Waals surface area contributed by atoms with E-state index in [1.807, 2.05) is 53.1 Å². The summed E-state index contributed by atoms with van der Waals surface area (Å²) in [7, 11) is 0. The van der Waals surface area contributed by atoms with Crippen LogP contribution in [0.1, 0.15) is 15.9 Å². The predicted molar refractivity (Wildman–Crippen MR) is 118 cm³/mol. The monoisotopic (exact) mass is 400 g/mol. The molecule has 1 heterocycles. The lowest BCUT2D eigenvalue weighted by atomic mass is 10.2. The number of allylic oxidation sites excluding steroid dienone is 1. The molecule has 0 saturated carbocycles. The Bertz CT molecular complexity index is 1250. The maximum atomic E-state index is 13.0. The Labute approximate surface area is 173 Å². The van der Waals surface area contributed by atoms with Crippen molar-refractivity contribution in [2.45, 2.75) is 13.5 Å². The van der Waals surface area contributed by atoms with E-state index >= 15 is 0 Å². The Morgan fingerprint density at radius 3 is 2.66 bits per heavy atom. The van der Waals surface area contributed by atoms with Gasteiger partial charge in [-0.1, -0.05) is 53.8 Å². The van der Waals surface area contributed by atoms with Gasteiger partial charge in [-0.3, -0.25) is 4.79 Å². The first-order valence-electron chi connectivity index (χ1n) is 9.27. The zero-order valence-electron chi connectivity index (χ0n) is 16.0. The van der Waals surface area contributed by atoms with Gasteiger partial charge in [0, 0.05) is 6.54 Å². The van der Waals surface area contributed by atoms with Crippen molar-refractivity contribution in [3.05, 3.63) is 101 Å². The summed E-state index contributed by atoms with van der Waals surface area (Å²) >= 11 is 1.50. The van der Waals surface area contributed by atoms with Gasteiger partial charge < -0.3 is 9.30 Å². The van der Waals surface area contributed by atoms with Crippen molar-refractivity contribution < 1.29 is 9.53 Å². The third-order valence-corrected chi connectivity index (χ3v) is 5.48. The van der Waals surface area contributed by atoms with Crippen LogP contribution >= 0.6 is 11.3 Å². The predicted octanol–water partition coefficient (Wildman–Crippen LogP) is 5.73. The molecule has 4 rings (SSSR count). The molecular formula is C24H20N2O2S. The highest BCUT2D eigenvalue weighted by Gasteiger charge is 2.14. The molecule has 0 saturated heterocycles. The minimum atomic E-state index is -0.336. The highest BCUT2D eigenvalue weighted by Crippen LogP contribution is 2.26. The van der Waals surface area contributed by atoms with Crippen LogP contribution in [0.5, 0.6) is 11.5 Å². The van der Waals surface area contributed by atoms with Gasteiger partial charge in [-0.2, -0.15) is 4.99 Å². The molecule has 3 aromatic carbocycles. The quantitative estimate of drug-likeness (QED) is 0.402. The van der Waals surface area contributed by atoms with Crippen LogP contribution < -0.4 is 9.54 Å². The number of amides is 1. The summed E-state index contributed by atoms with van der Waals surface area (Å²) < 4.78 is 9.02. The number of fused-ring (bicyclic) bond motifs is 1. The van der Waals surface area contributed by atoms with E-state index in [0.717, 1.165) is 10.2 Å². The SMILES string of the molecule is C=CCn1c(=NC(=O)c2ccccc2Oc2ccccc2)sc2cc(C)ccc21. The molecule has 0 unspecified atom stereocenters. The number of para-hydroxylation sites is 2. The van der Waals surface area contributed by atoms with Crippen LogP contribution in [0.3, 0.4) is 0 Å². The fourth-order valence-electron chi connectivity index (χ4n) is 3.07. The summed E-state index contributed by atoms with van der Waals surface area (Å²) in [4.78, 5) is 18.1. The average molecular weight is 401 g/mol. The second-order valence-corrected chi connectivity index (χ2v) is 7.59. The highest BCUT2D eigenvalue weighted by atomic mass is 32.1. The molecule has 0 radical (unpaired) electrons. The van der Waals surface area contributed by atoms with E-state index in [-0.39, 0.29) is 5.91 Å². The molecule has 4 nitrogen and oxygen atoms in total. The van der Waals surface area contributed by atoms with Gasteiger partial charge in [0.25, 0.3) is 5.91 Å². The normalized spacial score (nSPS) is 11.6. The molecule has 0 aliphatic carbocycles. The van der Waals surface area contributed by atoms with E-state index in [1.54, 1.807) is 12.1 Å². The maximum absolute atomic E-state index is 13.0. The molecule has 0 N–H and O–H groups in total. The Morgan fingerprint density at radius 2 is 1.86 bits per heavy atom. The first kappa shape index (κ1) is 18.9. The van der Waals surface area contributed by atoms with E-state index in [2.05, 4.69) is 36.7 Å². The van der Waals surface area contributed by atoms with Crippen LogP contribution in [0.4, 0.5) is 0 Å². The lowest BCUT2D eigenvalue weighted by Gasteiger charge is -2.08. The second-order valence-electron chi connectivity index (χ2n) is 6.58. The van der Waals surface area contributed by atoms with Crippen LogP contribution in [-0.4, -0.2) is 10.5 Å². The van der Waals surface area contributed by atoms with E-state index in [4.69, 9.17) is 4.74 Å². The largest absolute Gasteiger partial charge is 0.457 e. The van der Waals surface area contributed by atoms with Crippen molar-refractivity contribution in [1.82, 2.24) is 4.57 Å². The van der Waals surface area contributed by atoms with E-state index in [1.165, 1.54) is 16.9 Å². The topological polar surface area (TPSA) is 43.6 Å². The first-order valence-corrected chi connectivity index (χ1v) is 10.1.